The average molecular weight is 481 g/mol. The van der Waals surface area contributed by atoms with E-state index in [0.717, 1.165) is 31.7 Å². The van der Waals surface area contributed by atoms with Gasteiger partial charge in [-0.05, 0) is 37.0 Å². The van der Waals surface area contributed by atoms with E-state index in [9.17, 15) is 18.3 Å². The number of alkyl halides is 3. The van der Waals surface area contributed by atoms with E-state index in [2.05, 4.69) is 9.88 Å². The normalized spacial score (nSPS) is 15.7. The molecule has 170 valence electrons. The number of hydrogen-bond donors (Lipinski definition) is 4. The van der Waals surface area contributed by atoms with Crippen LogP contribution in [0, 0.1) is 5.92 Å². The summed E-state index contributed by atoms with van der Waals surface area (Å²) in [4.78, 5) is 15.5. The number of carbonyl (C=O) groups is 1. The van der Waals surface area contributed by atoms with Gasteiger partial charge in [0.15, 0.2) is 0 Å². The van der Waals surface area contributed by atoms with Crippen LogP contribution in [0.4, 0.5) is 24.8 Å². The minimum absolute atomic E-state index is 0.0943. The van der Waals surface area contributed by atoms with Gasteiger partial charge in [-0.1, -0.05) is 29.3 Å². The number of pyridine rings is 1. The van der Waals surface area contributed by atoms with Crippen LogP contribution in [0.1, 0.15) is 24.4 Å². The number of aromatic nitrogens is 1. The van der Waals surface area contributed by atoms with Crippen LogP contribution in [-0.2, 0) is 4.79 Å². The Bertz CT molecular complexity index is 923. The molecular formula is C19H21Cl2F3N4O3. The van der Waals surface area contributed by atoms with Crippen molar-refractivity contribution in [3.63, 3.8) is 0 Å². The highest BCUT2D eigenvalue weighted by Gasteiger charge is 2.38. The van der Waals surface area contributed by atoms with Crippen LogP contribution in [0.2, 0.25) is 10.0 Å². The van der Waals surface area contributed by atoms with Crippen molar-refractivity contribution >= 4 is 40.8 Å². The number of halogens is 5. The first-order valence-electron chi connectivity index (χ1n) is 9.11. The number of hydrogen-bond acceptors (Lipinski definition) is 6. The zero-order valence-electron chi connectivity index (χ0n) is 16.1. The molecule has 1 atom stereocenters. The second kappa shape index (κ2) is 10.3. The molecule has 1 saturated heterocycles. The van der Waals surface area contributed by atoms with Crippen LogP contribution in [0.25, 0.3) is 0 Å². The van der Waals surface area contributed by atoms with E-state index >= 15 is 0 Å². The van der Waals surface area contributed by atoms with Crippen LogP contribution in [0.5, 0.6) is 5.75 Å². The largest absolute Gasteiger partial charge is 0.508 e. The monoisotopic (exact) mass is 480 g/mol. The number of rotatable bonds is 3. The van der Waals surface area contributed by atoms with Crippen molar-refractivity contribution in [2.45, 2.75) is 25.1 Å². The lowest BCUT2D eigenvalue weighted by Gasteiger charge is -2.35. The van der Waals surface area contributed by atoms with E-state index in [1.165, 1.54) is 6.07 Å². The SMILES string of the molecule is Nc1cccc(N2CCC(C(N)c3cc(Cl)c(Cl)cc3O)CC2)n1.O=C(O)C(F)(F)F. The second-order valence-electron chi connectivity index (χ2n) is 6.90. The van der Waals surface area contributed by atoms with Crippen LogP contribution < -0.4 is 16.4 Å². The van der Waals surface area contributed by atoms with Crippen molar-refractivity contribution in [1.82, 2.24) is 4.98 Å². The van der Waals surface area contributed by atoms with Crippen molar-refractivity contribution in [1.29, 1.82) is 0 Å². The van der Waals surface area contributed by atoms with Gasteiger partial charge < -0.3 is 26.6 Å². The summed E-state index contributed by atoms with van der Waals surface area (Å²) in [6.45, 7) is 1.69. The second-order valence-corrected chi connectivity index (χ2v) is 7.71. The number of nitrogen functional groups attached to an aromatic ring is 1. The number of phenolic OH excluding ortho intramolecular Hbond substituents is 1. The number of aliphatic carboxylic acids is 1. The summed E-state index contributed by atoms with van der Waals surface area (Å²) in [5, 5.41) is 18.0. The third kappa shape index (κ3) is 6.78. The molecule has 2 heterocycles. The molecule has 0 bridgehead atoms. The van der Waals surface area contributed by atoms with Crippen molar-refractivity contribution in [2.24, 2.45) is 11.7 Å². The minimum Gasteiger partial charge on any atom is -0.508 e. The molecule has 3 rings (SSSR count). The van der Waals surface area contributed by atoms with Gasteiger partial charge in [0, 0.05) is 30.8 Å². The highest BCUT2D eigenvalue weighted by atomic mass is 35.5. The van der Waals surface area contributed by atoms with Gasteiger partial charge in [0.1, 0.15) is 17.4 Å². The quantitative estimate of drug-likeness (QED) is 0.517. The maximum atomic E-state index is 10.6. The highest BCUT2D eigenvalue weighted by Crippen LogP contribution is 2.38. The van der Waals surface area contributed by atoms with E-state index in [0.29, 0.717) is 21.4 Å². The predicted octanol–water partition coefficient (Wildman–Crippen LogP) is 4.23. The Hall–Kier alpha value is -2.43. The molecule has 0 radical (unpaired) electrons. The molecule has 0 saturated carbocycles. The molecule has 1 aromatic heterocycles. The molecule has 31 heavy (non-hydrogen) atoms. The number of phenols is 1. The molecule has 1 fully saturated rings. The Morgan fingerprint density at radius 1 is 1.19 bits per heavy atom. The number of aromatic hydroxyl groups is 1. The summed E-state index contributed by atoms with van der Waals surface area (Å²) in [5.41, 5.74) is 12.8. The molecule has 1 aliphatic rings. The van der Waals surface area contributed by atoms with Crippen LogP contribution in [-0.4, -0.2) is 40.4 Å². The summed E-state index contributed by atoms with van der Waals surface area (Å²) >= 11 is 12.0. The molecule has 6 N–H and O–H groups in total. The molecule has 2 aromatic rings. The van der Waals surface area contributed by atoms with Crippen molar-refractivity contribution in [3.8, 4) is 5.75 Å². The van der Waals surface area contributed by atoms with Crippen molar-refractivity contribution in [3.05, 3.63) is 45.9 Å². The Balaban J connectivity index is 0.000000423. The molecular weight excluding hydrogens is 460 g/mol. The van der Waals surface area contributed by atoms with Crippen LogP contribution in [0.3, 0.4) is 0 Å². The number of benzene rings is 1. The molecule has 1 unspecified atom stereocenters. The summed E-state index contributed by atoms with van der Waals surface area (Å²) in [6.07, 6.45) is -3.28. The van der Waals surface area contributed by atoms with Gasteiger partial charge >= 0.3 is 12.1 Å². The fraction of sp³-hybridized carbons (Fsp3) is 0.368. The first-order chi connectivity index (χ1) is 14.4. The Morgan fingerprint density at radius 2 is 1.74 bits per heavy atom. The summed E-state index contributed by atoms with van der Waals surface area (Å²) in [7, 11) is 0. The molecule has 12 heteroatoms. The zero-order valence-corrected chi connectivity index (χ0v) is 17.6. The van der Waals surface area contributed by atoms with Crippen molar-refractivity contribution < 1.29 is 28.2 Å². The summed E-state index contributed by atoms with van der Waals surface area (Å²) < 4.78 is 31.7. The van der Waals surface area contributed by atoms with Crippen LogP contribution in [0.15, 0.2) is 30.3 Å². The van der Waals surface area contributed by atoms with Crippen molar-refractivity contribution in [2.75, 3.05) is 23.7 Å². The molecule has 0 amide bonds. The third-order valence-electron chi connectivity index (χ3n) is 4.80. The average Bonchev–Trinajstić information content (AvgIpc) is 2.70. The maximum absolute atomic E-state index is 10.6. The van der Waals surface area contributed by atoms with E-state index < -0.39 is 12.1 Å². The summed E-state index contributed by atoms with van der Waals surface area (Å²) in [5.74, 6) is -0.999. The van der Waals surface area contributed by atoms with Crippen LogP contribution >= 0.6 is 23.2 Å². The molecule has 1 aromatic carbocycles. The zero-order chi connectivity index (χ0) is 23.3. The van der Waals surface area contributed by atoms with Gasteiger partial charge in [-0.15, -0.1) is 0 Å². The molecule has 1 aliphatic heterocycles. The minimum atomic E-state index is -5.08. The van der Waals surface area contributed by atoms with E-state index in [1.807, 2.05) is 12.1 Å². The Labute approximate surface area is 186 Å². The standard InChI is InChI=1S/C17H20Cl2N4O.C2HF3O2/c18-12-8-11(14(24)9-13(12)19)17(21)10-4-6-23(7-5-10)16-3-1-2-15(20)22-16;3-2(4,5)1(6)7/h1-3,8-10,17,24H,4-7,21H2,(H2,20,22);(H,6,7). The van der Waals surface area contributed by atoms with E-state index in [4.69, 9.17) is 44.6 Å². The number of nitrogens with zero attached hydrogens (tertiary/aromatic N) is 2. The fourth-order valence-electron chi connectivity index (χ4n) is 3.18. The lowest BCUT2D eigenvalue weighted by Crippen LogP contribution is -2.38. The van der Waals surface area contributed by atoms with Gasteiger partial charge in [0.25, 0.3) is 0 Å². The number of carboxylic acids is 1. The van der Waals surface area contributed by atoms with Gasteiger partial charge in [0.05, 0.1) is 10.0 Å². The lowest BCUT2D eigenvalue weighted by molar-refractivity contribution is -0.192. The third-order valence-corrected chi connectivity index (χ3v) is 5.52. The van der Waals surface area contributed by atoms with E-state index in [-0.39, 0.29) is 17.7 Å². The lowest BCUT2D eigenvalue weighted by atomic mass is 9.85. The number of nitrogens with two attached hydrogens (primary N) is 2. The Morgan fingerprint density at radius 3 is 2.26 bits per heavy atom. The van der Waals surface area contributed by atoms with Gasteiger partial charge in [0.2, 0.25) is 0 Å². The van der Waals surface area contributed by atoms with Gasteiger partial charge in [-0.2, -0.15) is 13.2 Å². The smallest absolute Gasteiger partial charge is 0.490 e. The summed E-state index contributed by atoms with van der Waals surface area (Å²) in [6, 6.07) is 8.47. The first-order valence-corrected chi connectivity index (χ1v) is 9.86. The topological polar surface area (TPSA) is 126 Å². The number of piperidine rings is 1. The first kappa shape index (κ1) is 24.8. The Kier molecular flexibility index (Phi) is 8.21. The van der Waals surface area contributed by atoms with Gasteiger partial charge in [-0.3, -0.25) is 0 Å². The molecule has 0 spiro atoms. The predicted molar refractivity (Wildman–Crippen MR) is 112 cm³/mol. The highest BCUT2D eigenvalue weighted by molar-refractivity contribution is 6.42. The number of carboxylic acid groups (broad SMARTS) is 1. The van der Waals surface area contributed by atoms with E-state index in [1.54, 1.807) is 12.1 Å². The fourth-order valence-corrected chi connectivity index (χ4v) is 3.51. The molecule has 7 nitrogen and oxygen atoms in total. The maximum Gasteiger partial charge on any atom is 0.490 e. The molecule has 0 aliphatic carbocycles. The number of anilines is 2. The van der Waals surface area contributed by atoms with Gasteiger partial charge in [-0.25, -0.2) is 9.78 Å².